The molecule has 4 aromatic rings. The summed E-state index contributed by atoms with van der Waals surface area (Å²) in [6, 6.07) is 13.7. The van der Waals surface area contributed by atoms with Crippen molar-refractivity contribution in [2.75, 3.05) is 6.61 Å². The van der Waals surface area contributed by atoms with Gasteiger partial charge in [0.25, 0.3) is 5.91 Å². The zero-order valence-electron chi connectivity index (χ0n) is 20.7. The second-order valence-corrected chi connectivity index (χ2v) is 10.2. The second-order valence-electron chi connectivity index (χ2n) is 10.2. The first-order valence-corrected chi connectivity index (χ1v) is 13.2. The van der Waals surface area contributed by atoms with E-state index in [9.17, 15) is 4.79 Å². The number of carbonyl (C=O) groups is 1. The van der Waals surface area contributed by atoms with E-state index in [1.165, 1.54) is 32.1 Å². The summed E-state index contributed by atoms with van der Waals surface area (Å²) in [6.07, 6.45) is 11.7. The monoisotopic (exact) mass is 484 g/mol. The number of aryl methyl sites for hydroxylation is 1. The second kappa shape index (κ2) is 9.84. The molecule has 0 radical (unpaired) electrons. The van der Waals surface area contributed by atoms with Crippen LogP contribution in [-0.4, -0.2) is 23.5 Å². The Kier molecular flexibility index (Phi) is 6.26. The van der Waals surface area contributed by atoms with Gasteiger partial charge in [-0.3, -0.25) is 9.78 Å². The number of carbonyl (C=O) groups excluding carboxylic acids is 1. The zero-order chi connectivity index (χ0) is 24.5. The van der Waals surface area contributed by atoms with E-state index in [2.05, 4.69) is 10.3 Å². The third kappa shape index (κ3) is 4.90. The van der Waals surface area contributed by atoms with Crippen LogP contribution >= 0.6 is 0 Å². The number of hydrogen-bond acceptors (Lipinski definition) is 5. The summed E-state index contributed by atoms with van der Waals surface area (Å²) in [6.45, 7) is 2.57. The van der Waals surface area contributed by atoms with Gasteiger partial charge in [-0.15, -0.1) is 0 Å². The molecular weight excluding hydrogens is 452 g/mol. The van der Waals surface area contributed by atoms with Gasteiger partial charge in [0.05, 0.1) is 17.7 Å². The number of benzene rings is 2. The Morgan fingerprint density at radius 2 is 1.81 bits per heavy atom. The molecule has 6 nitrogen and oxygen atoms in total. The van der Waals surface area contributed by atoms with Crippen LogP contribution in [0.2, 0.25) is 0 Å². The Bertz CT molecular complexity index is 1400. The van der Waals surface area contributed by atoms with Crippen LogP contribution in [0.1, 0.15) is 67.5 Å². The molecule has 0 saturated heterocycles. The Morgan fingerprint density at radius 1 is 1.00 bits per heavy atom. The van der Waals surface area contributed by atoms with Gasteiger partial charge in [0, 0.05) is 35.1 Å². The minimum absolute atomic E-state index is 0.0701. The lowest BCUT2D eigenvalue weighted by atomic mass is 9.87. The van der Waals surface area contributed by atoms with Crippen molar-refractivity contribution in [3.8, 4) is 17.2 Å². The van der Waals surface area contributed by atoms with Gasteiger partial charge < -0.3 is 19.2 Å². The summed E-state index contributed by atoms with van der Waals surface area (Å²) in [4.78, 5) is 17.2. The molecule has 2 aromatic carbocycles. The Morgan fingerprint density at radius 3 is 2.64 bits per heavy atom. The van der Waals surface area contributed by atoms with Crippen molar-refractivity contribution >= 4 is 27.8 Å². The van der Waals surface area contributed by atoms with Crippen LogP contribution in [0, 0.1) is 12.8 Å². The van der Waals surface area contributed by atoms with E-state index in [0.29, 0.717) is 34.4 Å². The molecule has 0 spiro atoms. The first-order valence-electron chi connectivity index (χ1n) is 13.2. The third-order valence-electron chi connectivity index (χ3n) is 7.40. The van der Waals surface area contributed by atoms with E-state index < -0.39 is 0 Å². The van der Waals surface area contributed by atoms with Crippen molar-refractivity contribution < 1.29 is 18.7 Å². The normalized spacial score (nSPS) is 16.4. The lowest BCUT2D eigenvalue weighted by molar-refractivity contribution is 0.0951. The molecule has 6 heteroatoms. The fourth-order valence-corrected chi connectivity index (χ4v) is 5.26. The number of amides is 1. The maximum Gasteiger partial charge on any atom is 0.255 e. The molecule has 1 N–H and O–H groups in total. The Balaban J connectivity index is 1.17. The largest absolute Gasteiger partial charge is 0.494 e. The van der Waals surface area contributed by atoms with Crippen LogP contribution in [0.3, 0.4) is 0 Å². The Labute approximate surface area is 211 Å². The maximum atomic E-state index is 12.7. The lowest BCUT2D eigenvalue weighted by Gasteiger charge is -2.21. The fraction of sp³-hybridized carbons (Fsp3) is 0.400. The first-order chi connectivity index (χ1) is 17.6. The van der Waals surface area contributed by atoms with Gasteiger partial charge in [-0.25, -0.2) is 0 Å². The van der Waals surface area contributed by atoms with Gasteiger partial charge in [-0.1, -0.05) is 32.1 Å². The average molecular weight is 485 g/mol. The van der Waals surface area contributed by atoms with Crippen molar-refractivity contribution in [2.24, 2.45) is 5.92 Å². The quantitative estimate of drug-likeness (QED) is 0.284. The van der Waals surface area contributed by atoms with Gasteiger partial charge in [-0.2, -0.15) is 0 Å². The van der Waals surface area contributed by atoms with Crippen LogP contribution in [0.25, 0.3) is 21.9 Å². The van der Waals surface area contributed by atoms with Crippen LogP contribution < -0.4 is 14.8 Å². The summed E-state index contributed by atoms with van der Waals surface area (Å²) in [7, 11) is 0. The summed E-state index contributed by atoms with van der Waals surface area (Å²) in [5.41, 5.74) is 2.07. The molecule has 2 heterocycles. The number of nitrogens with one attached hydrogen (secondary N) is 1. The molecule has 0 atom stereocenters. The molecule has 6 rings (SSSR count). The average Bonchev–Trinajstić information content (AvgIpc) is 3.63. The molecule has 0 bridgehead atoms. The molecule has 1 amide bonds. The SMILES string of the molecule is Cc1oc2cc(Oc3ccnc4cc(OCCC5CCCCC5)ccc34)ccc2c1C(=O)NC1CC1. The van der Waals surface area contributed by atoms with E-state index in [4.69, 9.17) is 13.9 Å². The van der Waals surface area contributed by atoms with Gasteiger partial charge in [0.2, 0.25) is 0 Å². The fourth-order valence-electron chi connectivity index (χ4n) is 5.26. The number of fused-ring (bicyclic) bond motifs is 2. The predicted octanol–water partition coefficient (Wildman–Crippen LogP) is 7.32. The number of pyridine rings is 1. The van der Waals surface area contributed by atoms with E-state index in [1.807, 2.05) is 49.4 Å². The third-order valence-corrected chi connectivity index (χ3v) is 7.40. The van der Waals surface area contributed by atoms with Crippen molar-refractivity contribution in [3.63, 3.8) is 0 Å². The number of aromatic nitrogens is 1. The summed E-state index contributed by atoms with van der Waals surface area (Å²) in [5, 5.41) is 4.76. The number of ether oxygens (including phenoxy) is 2. The van der Waals surface area contributed by atoms with Crippen molar-refractivity contribution in [1.82, 2.24) is 10.3 Å². The Hall–Kier alpha value is -3.54. The maximum absolute atomic E-state index is 12.7. The van der Waals surface area contributed by atoms with Crippen LogP contribution in [-0.2, 0) is 0 Å². The summed E-state index contributed by atoms with van der Waals surface area (Å²) in [5.74, 6) is 3.54. The highest BCUT2D eigenvalue weighted by molar-refractivity contribution is 6.07. The number of nitrogens with zero attached hydrogens (tertiary/aromatic N) is 1. The molecule has 2 aliphatic rings. The van der Waals surface area contributed by atoms with E-state index in [-0.39, 0.29) is 5.91 Å². The molecule has 186 valence electrons. The van der Waals surface area contributed by atoms with Crippen molar-refractivity contribution in [1.29, 1.82) is 0 Å². The number of rotatable bonds is 8. The standard InChI is InChI=1S/C30H32N2O4/c1-19-29(30(33)32-21-7-8-21)25-12-10-23(18-28(25)35-19)36-27-13-15-31-26-17-22(9-11-24(26)27)34-16-14-20-5-3-2-4-6-20/h9-13,15,17-18,20-21H,2-8,14,16H2,1H3,(H,32,33). The zero-order valence-corrected chi connectivity index (χ0v) is 20.7. The van der Waals surface area contributed by atoms with Gasteiger partial charge >= 0.3 is 0 Å². The van der Waals surface area contributed by atoms with E-state index in [1.54, 1.807) is 6.20 Å². The summed E-state index contributed by atoms with van der Waals surface area (Å²) >= 11 is 0. The van der Waals surface area contributed by atoms with Crippen molar-refractivity contribution in [3.05, 3.63) is 60.0 Å². The molecular formula is C30H32N2O4. The predicted molar refractivity (Wildman–Crippen MR) is 140 cm³/mol. The molecule has 2 aromatic heterocycles. The highest BCUT2D eigenvalue weighted by atomic mass is 16.5. The highest BCUT2D eigenvalue weighted by Crippen LogP contribution is 2.35. The number of hydrogen-bond donors (Lipinski definition) is 1. The molecule has 2 saturated carbocycles. The minimum Gasteiger partial charge on any atom is -0.494 e. The number of furan rings is 1. The molecule has 2 aliphatic carbocycles. The van der Waals surface area contributed by atoms with Crippen LogP contribution in [0.15, 0.2) is 53.1 Å². The minimum atomic E-state index is -0.0701. The van der Waals surface area contributed by atoms with Crippen molar-refractivity contribution in [2.45, 2.75) is 64.3 Å². The van der Waals surface area contributed by atoms with Crippen LogP contribution in [0.5, 0.6) is 17.2 Å². The van der Waals surface area contributed by atoms with Crippen LogP contribution in [0.4, 0.5) is 0 Å². The lowest BCUT2D eigenvalue weighted by Crippen LogP contribution is -2.25. The van der Waals surface area contributed by atoms with E-state index >= 15 is 0 Å². The first kappa shape index (κ1) is 22.9. The smallest absolute Gasteiger partial charge is 0.255 e. The molecule has 0 unspecified atom stereocenters. The summed E-state index contributed by atoms with van der Waals surface area (Å²) < 4.78 is 18.2. The molecule has 0 aliphatic heterocycles. The highest BCUT2D eigenvalue weighted by Gasteiger charge is 2.27. The topological polar surface area (TPSA) is 73.6 Å². The molecule has 36 heavy (non-hydrogen) atoms. The van der Waals surface area contributed by atoms with Gasteiger partial charge in [0.15, 0.2) is 0 Å². The molecule has 2 fully saturated rings. The van der Waals surface area contributed by atoms with Gasteiger partial charge in [-0.05, 0) is 62.4 Å². The van der Waals surface area contributed by atoms with E-state index in [0.717, 1.165) is 53.8 Å². The van der Waals surface area contributed by atoms with Gasteiger partial charge in [0.1, 0.15) is 28.6 Å².